The van der Waals surface area contributed by atoms with Crippen molar-refractivity contribution in [1.29, 1.82) is 0 Å². The highest BCUT2D eigenvalue weighted by atomic mass is 16.1. The van der Waals surface area contributed by atoms with Gasteiger partial charge in [0, 0.05) is 17.8 Å². The fourth-order valence-corrected chi connectivity index (χ4v) is 1.87. The van der Waals surface area contributed by atoms with Crippen molar-refractivity contribution in [2.24, 2.45) is 4.99 Å². The van der Waals surface area contributed by atoms with Crippen molar-refractivity contribution in [3.8, 4) is 0 Å². The molecule has 1 aliphatic rings. The van der Waals surface area contributed by atoms with Gasteiger partial charge in [0.05, 0.1) is 17.6 Å². The van der Waals surface area contributed by atoms with E-state index in [-0.39, 0.29) is 5.91 Å². The van der Waals surface area contributed by atoms with Gasteiger partial charge in [0.15, 0.2) is 0 Å². The fourth-order valence-electron chi connectivity index (χ4n) is 1.87. The normalized spacial score (nSPS) is 14.7. The van der Waals surface area contributed by atoms with Crippen LogP contribution in [0.25, 0.3) is 10.9 Å². The van der Waals surface area contributed by atoms with E-state index in [1.807, 2.05) is 35.0 Å². The molecule has 3 nitrogen and oxygen atoms in total. The first-order chi connectivity index (χ1) is 6.86. The number of carbonyl (C=O) groups is 1. The molecule has 0 unspecified atom stereocenters. The van der Waals surface area contributed by atoms with Crippen LogP contribution in [-0.4, -0.2) is 16.7 Å². The highest BCUT2D eigenvalue weighted by molar-refractivity contribution is 6.09. The number of rotatable bonds is 0. The van der Waals surface area contributed by atoms with E-state index >= 15 is 0 Å². The summed E-state index contributed by atoms with van der Waals surface area (Å²) < 4.78 is 2.04. The molecular formula is C11H8N2O. The number of hydrogen-bond donors (Lipinski definition) is 0. The van der Waals surface area contributed by atoms with E-state index in [0.717, 1.165) is 10.9 Å². The molecule has 0 radical (unpaired) electrons. The van der Waals surface area contributed by atoms with E-state index in [1.54, 1.807) is 6.21 Å². The van der Waals surface area contributed by atoms with Crippen molar-refractivity contribution in [3.63, 3.8) is 0 Å². The van der Waals surface area contributed by atoms with Gasteiger partial charge in [-0.25, -0.2) is 4.99 Å². The number of hydrogen-bond acceptors (Lipinski definition) is 1. The molecule has 2 heterocycles. The number of para-hydroxylation sites is 1. The zero-order valence-corrected chi connectivity index (χ0v) is 7.47. The van der Waals surface area contributed by atoms with E-state index in [4.69, 9.17) is 0 Å². The predicted molar refractivity (Wildman–Crippen MR) is 54.8 cm³/mol. The van der Waals surface area contributed by atoms with Gasteiger partial charge in [0.1, 0.15) is 0 Å². The first-order valence-electron chi connectivity index (χ1n) is 4.51. The summed E-state index contributed by atoms with van der Waals surface area (Å²) in [6, 6.07) is 7.74. The molecule has 0 saturated heterocycles. The van der Waals surface area contributed by atoms with E-state index in [1.165, 1.54) is 0 Å². The van der Waals surface area contributed by atoms with Crippen LogP contribution in [0.15, 0.2) is 35.5 Å². The summed E-state index contributed by atoms with van der Waals surface area (Å²) in [5.74, 6) is -0.145. The minimum Gasteiger partial charge on any atom is -0.341 e. The van der Waals surface area contributed by atoms with Crippen molar-refractivity contribution in [3.05, 3.63) is 36.0 Å². The number of benzene rings is 1. The highest BCUT2D eigenvalue weighted by Crippen LogP contribution is 2.22. The van der Waals surface area contributed by atoms with Gasteiger partial charge in [0.25, 0.3) is 5.91 Å². The van der Waals surface area contributed by atoms with Crippen LogP contribution < -0.4 is 0 Å². The monoisotopic (exact) mass is 184 g/mol. The molecule has 3 heteroatoms. The van der Waals surface area contributed by atoms with Crippen LogP contribution in [0.2, 0.25) is 0 Å². The number of carbonyl (C=O) groups excluding carboxylic acids is 1. The quantitative estimate of drug-likeness (QED) is 0.615. The minimum atomic E-state index is -0.145. The fraction of sp³-hybridized carbons (Fsp3) is 0.0909. The Balaban J connectivity index is 2.50. The van der Waals surface area contributed by atoms with Crippen LogP contribution in [-0.2, 0) is 6.54 Å². The Bertz CT molecular complexity index is 551. The van der Waals surface area contributed by atoms with Crippen LogP contribution in [0.3, 0.4) is 0 Å². The van der Waals surface area contributed by atoms with Crippen molar-refractivity contribution in [2.45, 2.75) is 6.54 Å². The maximum atomic E-state index is 11.6. The first-order valence-corrected chi connectivity index (χ1v) is 4.51. The molecule has 0 atom stereocenters. The zero-order chi connectivity index (χ0) is 9.54. The van der Waals surface area contributed by atoms with Crippen molar-refractivity contribution in [2.75, 3.05) is 0 Å². The standard InChI is InChI=1S/C11H8N2O/c14-11-9-3-1-2-8-4-6-13(10(8)9)7-5-12-11/h1-6H,7H2. The van der Waals surface area contributed by atoms with Gasteiger partial charge in [-0.1, -0.05) is 12.1 Å². The third kappa shape index (κ3) is 0.865. The van der Waals surface area contributed by atoms with Crippen molar-refractivity contribution < 1.29 is 4.79 Å². The summed E-state index contributed by atoms with van der Waals surface area (Å²) in [6.45, 7) is 0.673. The molecule has 68 valence electrons. The number of aliphatic imine (C=N–C) groups is 1. The Kier molecular flexibility index (Phi) is 1.36. The van der Waals surface area contributed by atoms with Crippen molar-refractivity contribution in [1.82, 2.24) is 4.57 Å². The SMILES string of the molecule is O=C1N=CCn2ccc3cccc1c32. The van der Waals surface area contributed by atoms with E-state index in [9.17, 15) is 4.79 Å². The second-order valence-corrected chi connectivity index (χ2v) is 3.33. The van der Waals surface area contributed by atoms with Crippen LogP contribution in [0.1, 0.15) is 10.4 Å². The summed E-state index contributed by atoms with van der Waals surface area (Å²) in [6.07, 6.45) is 3.64. The molecule has 0 bridgehead atoms. The van der Waals surface area contributed by atoms with Gasteiger partial charge < -0.3 is 4.57 Å². The maximum absolute atomic E-state index is 11.6. The highest BCUT2D eigenvalue weighted by Gasteiger charge is 2.13. The molecular weight excluding hydrogens is 176 g/mol. The molecule has 2 aromatic rings. The summed E-state index contributed by atoms with van der Waals surface area (Å²) in [4.78, 5) is 15.4. The number of amides is 1. The maximum Gasteiger partial charge on any atom is 0.278 e. The molecule has 0 spiro atoms. The van der Waals surface area contributed by atoms with Crippen LogP contribution in [0.4, 0.5) is 0 Å². The van der Waals surface area contributed by atoms with E-state index < -0.39 is 0 Å². The second-order valence-electron chi connectivity index (χ2n) is 3.33. The summed E-state index contributed by atoms with van der Waals surface area (Å²) in [5.41, 5.74) is 1.69. The lowest BCUT2D eigenvalue weighted by atomic mass is 10.1. The molecule has 1 aliphatic heterocycles. The Morgan fingerprint density at radius 2 is 2.21 bits per heavy atom. The molecule has 1 aromatic heterocycles. The summed E-state index contributed by atoms with van der Waals surface area (Å²) in [5, 5.41) is 1.10. The van der Waals surface area contributed by atoms with E-state index in [2.05, 4.69) is 4.99 Å². The Hall–Kier alpha value is -1.90. The van der Waals surface area contributed by atoms with Gasteiger partial charge in [-0.15, -0.1) is 0 Å². The molecule has 14 heavy (non-hydrogen) atoms. The van der Waals surface area contributed by atoms with Crippen LogP contribution >= 0.6 is 0 Å². The van der Waals surface area contributed by atoms with Gasteiger partial charge >= 0.3 is 0 Å². The Labute approximate surface area is 80.7 Å². The molecule has 0 N–H and O–H groups in total. The van der Waals surface area contributed by atoms with Crippen LogP contribution in [0.5, 0.6) is 0 Å². The number of aromatic nitrogens is 1. The van der Waals surface area contributed by atoms with Crippen molar-refractivity contribution >= 4 is 23.0 Å². The Morgan fingerprint density at radius 1 is 1.29 bits per heavy atom. The molecule has 0 saturated carbocycles. The topological polar surface area (TPSA) is 34.4 Å². The first kappa shape index (κ1) is 7.50. The molecule has 0 fully saturated rings. The summed E-state index contributed by atoms with van der Waals surface area (Å²) >= 11 is 0. The van der Waals surface area contributed by atoms with Gasteiger partial charge in [-0.05, 0) is 12.1 Å². The smallest absolute Gasteiger partial charge is 0.278 e. The predicted octanol–water partition coefficient (Wildman–Crippen LogP) is 1.87. The van der Waals surface area contributed by atoms with Gasteiger partial charge in [-0.3, -0.25) is 4.79 Å². The largest absolute Gasteiger partial charge is 0.341 e. The second kappa shape index (κ2) is 2.54. The lowest BCUT2D eigenvalue weighted by molar-refractivity contribution is 0.100. The van der Waals surface area contributed by atoms with Gasteiger partial charge in [0.2, 0.25) is 0 Å². The molecule has 0 aliphatic carbocycles. The average Bonchev–Trinajstić information content (AvgIpc) is 2.53. The molecule has 1 aromatic carbocycles. The van der Waals surface area contributed by atoms with E-state index in [0.29, 0.717) is 12.1 Å². The third-order valence-corrected chi connectivity index (χ3v) is 2.51. The lowest BCUT2D eigenvalue weighted by Gasteiger charge is -2.01. The van der Waals surface area contributed by atoms with Gasteiger partial charge in [-0.2, -0.15) is 0 Å². The summed E-state index contributed by atoms with van der Waals surface area (Å²) in [7, 11) is 0. The lowest BCUT2D eigenvalue weighted by Crippen LogP contribution is -1.96. The minimum absolute atomic E-state index is 0.145. The van der Waals surface area contributed by atoms with Crippen LogP contribution in [0, 0.1) is 0 Å². The zero-order valence-electron chi connectivity index (χ0n) is 7.47. The average molecular weight is 184 g/mol. The molecule has 1 amide bonds. The number of nitrogens with zero attached hydrogens (tertiary/aromatic N) is 2. The molecule has 3 rings (SSSR count). The third-order valence-electron chi connectivity index (χ3n) is 2.51. The Morgan fingerprint density at radius 3 is 3.14 bits per heavy atom.